The number of nitrogens with zero attached hydrogens (tertiary/aromatic N) is 2. The van der Waals surface area contributed by atoms with Gasteiger partial charge in [-0.25, -0.2) is 8.42 Å². The minimum Gasteiger partial charge on any atom is -0.352 e. The first-order chi connectivity index (χ1) is 19.6. The van der Waals surface area contributed by atoms with Gasteiger partial charge in [-0.05, 0) is 55.3 Å². The van der Waals surface area contributed by atoms with E-state index in [1.165, 1.54) is 11.0 Å². The molecule has 0 saturated heterocycles. The SMILES string of the molecule is CC(C)NC(=O)C(Cc1ccccc1)N(Cc1ccc(Cl)cc1Cl)C(=O)CN(c1cccc(C(F)(F)F)c1)S(C)(=O)=O. The number of sulfonamides is 1. The molecule has 0 aromatic heterocycles. The van der Waals surface area contributed by atoms with E-state index in [2.05, 4.69) is 5.32 Å². The van der Waals surface area contributed by atoms with E-state index in [1.807, 2.05) is 0 Å². The van der Waals surface area contributed by atoms with E-state index in [9.17, 15) is 31.2 Å². The van der Waals surface area contributed by atoms with Crippen LogP contribution in [0, 0.1) is 0 Å². The van der Waals surface area contributed by atoms with Crippen molar-refractivity contribution in [2.24, 2.45) is 0 Å². The Bertz CT molecular complexity index is 1520. The summed E-state index contributed by atoms with van der Waals surface area (Å²) in [5.41, 5.74) is -0.283. The van der Waals surface area contributed by atoms with Gasteiger partial charge in [-0.1, -0.05) is 65.7 Å². The zero-order valence-electron chi connectivity index (χ0n) is 23.0. The number of benzene rings is 3. The molecule has 3 rings (SSSR count). The molecule has 226 valence electrons. The summed E-state index contributed by atoms with van der Waals surface area (Å²) in [4.78, 5) is 28.7. The van der Waals surface area contributed by atoms with Gasteiger partial charge in [0.25, 0.3) is 0 Å². The minimum absolute atomic E-state index is 0.0682. The minimum atomic E-state index is -4.74. The molecule has 0 fully saturated rings. The molecule has 3 aromatic carbocycles. The van der Waals surface area contributed by atoms with Crippen molar-refractivity contribution in [1.29, 1.82) is 0 Å². The number of carbonyl (C=O) groups excluding carboxylic acids is 2. The van der Waals surface area contributed by atoms with E-state index in [0.29, 0.717) is 21.0 Å². The van der Waals surface area contributed by atoms with Gasteiger partial charge in [0.2, 0.25) is 21.8 Å². The third-order valence-corrected chi connectivity index (χ3v) is 7.93. The number of anilines is 1. The summed E-state index contributed by atoms with van der Waals surface area (Å²) in [6.45, 7) is 2.42. The first-order valence-corrected chi connectivity index (χ1v) is 15.4. The fourth-order valence-electron chi connectivity index (χ4n) is 4.22. The molecule has 42 heavy (non-hydrogen) atoms. The second kappa shape index (κ2) is 13.8. The van der Waals surface area contributed by atoms with Crippen LogP contribution in [0.5, 0.6) is 0 Å². The summed E-state index contributed by atoms with van der Waals surface area (Å²) < 4.78 is 66.5. The van der Waals surface area contributed by atoms with E-state index < -0.39 is 46.2 Å². The Morgan fingerprint density at radius 2 is 1.62 bits per heavy atom. The average molecular weight is 645 g/mol. The van der Waals surface area contributed by atoms with Crippen LogP contribution in [0.2, 0.25) is 10.0 Å². The number of alkyl halides is 3. The fourth-order valence-corrected chi connectivity index (χ4v) is 5.53. The van der Waals surface area contributed by atoms with Crippen molar-refractivity contribution in [3.8, 4) is 0 Å². The van der Waals surface area contributed by atoms with Crippen LogP contribution in [0.25, 0.3) is 0 Å². The van der Waals surface area contributed by atoms with Gasteiger partial charge in [0.15, 0.2) is 0 Å². The van der Waals surface area contributed by atoms with Gasteiger partial charge in [-0.3, -0.25) is 13.9 Å². The molecule has 0 aliphatic rings. The third kappa shape index (κ3) is 9.11. The van der Waals surface area contributed by atoms with Gasteiger partial charge < -0.3 is 10.2 Å². The molecule has 0 radical (unpaired) electrons. The predicted octanol–water partition coefficient (Wildman–Crippen LogP) is 5.94. The highest BCUT2D eigenvalue weighted by Gasteiger charge is 2.35. The normalized spacial score (nSPS) is 12.6. The van der Waals surface area contributed by atoms with E-state index in [1.54, 1.807) is 56.3 Å². The number of halogens is 5. The Hall–Kier alpha value is -3.28. The van der Waals surface area contributed by atoms with Crippen molar-refractivity contribution in [3.05, 3.63) is 99.5 Å². The first-order valence-electron chi connectivity index (χ1n) is 12.8. The summed E-state index contributed by atoms with van der Waals surface area (Å²) in [6, 6.07) is 15.7. The molecule has 0 saturated carbocycles. The molecule has 0 spiro atoms. The topological polar surface area (TPSA) is 86.8 Å². The van der Waals surface area contributed by atoms with Crippen molar-refractivity contribution in [1.82, 2.24) is 10.2 Å². The number of hydrogen-bond donors (Lipinski definition) is 1. The van der Waals surface area contributed by atoms with Gasteiger partial charge in [0.1, 0.15) is 12.6 Å². The molecule has 1 unspecified atom stereocenters. The van der Waals surface area contributed by atoms with Crippen LogP contribution in [-0.4, -0.2) is 50.0 Å². The van der Waals surface area contributed by atoms with Crippen molar-refractivity contribution >= 4 is 50.7 Å². The van der Waals surface area contributed by atoms with Crippen LogP contribution in [0.15, 0.2) is 72.8 Å². The zero-order chi connectivity index (χ0) is 31.2. The van der Waals surface area contributed by atoms with Gasteiger partial charge in [-0.15, -0.1) is 0 Å². The lowest BCUT2D eigenvalue weighted by Crippen LogP contribution is -2.54. The highest BCUT2D eigenvalue weighted by Crippen LogP contribution is 2.32. The monoisotopic (exact) mass is 643 g/mol. The molecule has 1 atom stereocenters. The van der Waals surface area contributed by atoms with Crippen LogP contribution in [0.3, 0.4) is 0 Å². The Labute approximate surface area is 253 Å². The Morgan fingerprint density at radius 3 is 2.19 bits per heavy atom. The Morgan fingerprint density at radius 1 is 0.952 bits per heavy atom. The van der Waals surface area contributed by atoms with Crippen LogP contribution in [0.1, 0.15) is 30.5 Å². The summed E-state index contributed by atoms with van der Waals surface area (Å²) in [5.74, 6) is -1.33. The largest absolute Gasteiger partial charge is 0.416 e. The Kier molecular flexibility index (Phi) is 10.9. The van der Waals surface area contributed by atoms with E-state index in [0.717, 1.165) is 30.0 Å². The van der Waals surface area contributed by atoms with Gasteiger partial charge in [0, 0.05) is 29.1 Å². The summed E-state index contributed by atoms with van der Waals surface area (Å²) in [5, 5.41) is 3.35. The molecule has 7 nitrogen and oxygen atoms in total. The standard InChI is InChI=1S/C29H30Cl2F3N3O4S/c1-19(2)35-28(39)26(14-20-8-5-4-6-9-20)36(17-21-12-13-23(30)16-25(21)31)27(38)18-37(42(3,40)41)24-11-7-10-22(15-24)29(32,33)34/h4-13,15-16,19,26H,14,17-18H2,1-3H3,(H,35,39). The second-order valence-electron chi connectivity index (χ2n) is 9.94. The molecule has 13 heteroatoms. The van der Waals surface area contributed by atoms with Crippen LogP contribution in [-0.2, 0) is 38.8 Å². The van der Waals surface area contributed by atoms with E-state index in [4.69, 9.17) is 23.2 Å². The number of hydrogen-bond acceptors (Lipinski definition) is 4. The highest BCUT2D eigenvalue weighted by molar-refractivity contribution is 7.92. The first kappa shape index (κ1) is 33.2. The van der Waals surface area contributed by atoms with Crippen LogP contribution in [0.4, 0.5) is 18.9 Å². The van der Waals surface area contributed by atoms with Gasteiger partial charge in [0.05, 0.1) is 17.5 Å². The molecule has 0 aliphatic heterocycles. The number of carbonyl (C=O) groups is 2. The molecule has 0 aliphatic carbocycles. The van der Waals surface area contributed by atoms with E-state index >= 15 is 0 Å². The fraction of sp³-hybridized carbons (Fsp3) is 0.310. The summed E-state index contributed by atoms with van der Waals surface area (Å²) >= 11 is 12.4. The lowest BCUT2D eigenvalue weighted by atomic mass is 10.0. The maximum Gasteiger partial charge on any atom is 0.416 e. The smallest absolute Gasteiger partial charge is 0.352 e. The van der Waals surface area contributed by atoms with Crippen LogP contribution >= 0.6 is 23.2 Å². The molecule has 2 amide bonds. The van der Waals surface area contributed by atoms with Gasteiger partial charge >= 0.3 is 6.18 Å². The molecule has 0 bridgehead atoms. The molecular formula is C29H30Cl2F3N3O4S. The van der Waals surface area contributed by atoms with E-state index in [-0.39, 0.29) is 29.7 Å². The van der Waals surface area contributed by atoms with Crippen molar-refractivity contribution in [2.75, 3.05) is 17.1 Å². The lowest BCUT2D eigenvalue weighted by molar-refractivity contribution is -0.140. The number of nitrogens with one attached hydrogen (secondary N) is 1. The van der Waals surface area contributed by atoms with Crippen molar-refractivity contribution in [3.63, 3.8) is 0 Å². The molecule has 0 heterocycles. The Balaban J connectivity index is 2.11. The zero-order valence-corrected chi connectivity index (χ0v) is 25.4. The van der Waals surface area contributed by atoms with Crippen LogP contribution < -0.4 is 9.62 Å². The van der Waals surface area contributed by atoms with Gasteiger partial charge in [-0.2, -0.15) is 13.2 Å². The number of amides is 2. The average Bonchev–Trinajstić information content (AvgIpc) is 2.89. The molecule has 1 N–H and O–H groups in total. The van der Waals surface area contributed by atoms with Crippen molar-refractivity contribution < 1.29 is 31.2 Å². The second-order valence-corrected chi connectivity index (χ2v) is 12.7. The third-order valence-electron chi connectivity index (χ3n) is 6.20. The lowest BCUT2D eigenvalue weighted by Gasteiger charge is -2.34. The summed E-state index contributed by atoms with van der Waals surface area (Å²) in [6.07, 6.45) is -3.89. The number of rotatable bonds is 11. The maximum atomic E-state index is 14.0. The molecular weight excluding hydrogens is 614 g/mol. The van der Waals surface area contributed by atoms with Crippen molar-refractivity contribution in [2.45, 2.75) is 45.1 Å². The highest BCUT2D eigenvalue weighted by atomic mass is 35.5. The predicted molar refractivity (Wildman–Crippen MR) is 158 cm³/mol. The maximum absolute atomic E-state index is 14.0. The molecule has 3 aromatic rings. The quantitative estimate of drug-likeness (QED) is 0.280. The summed E-state index contributed by atoms with van der Waals surface area (Å²) in [7, 11) is -4.24.